The average Bonchev–Trinajstić information content (AvgIpc) is 3.85. The Labute approximate surface area is 293 Å². The molecule has 0 bridgehead atoms. The Kier molecular flexibility index (Phi) is 5.96. The van der Waals surface area contributed by atoms with Gasteiger partial charge >= 0.3 is 0 Å². The standard InChI is InChI=1S/C48H30N2O/c1-3-13-31(14-4-1)34-28-41-39-19-9-12-22-47(39)51-48(41)46(30-34)50-43-21-11-7-17-36(43)38-25-23-33(29-45(38)50)32-24-26-44-40(27-32)37-18-8-10-20-42(37)49(44)35-15-5-2-6-16-35/h1-30H. The molecule has 0 unspecified atom stereocenters. The molecule has 0 fully saturated rings. The monoisotopic (exact) mass is 650 g/mol. The first kappa shape index (κ1) is 28.0. The number of fused-ring (bicyclic) bond motifs is 9. The number of benzene rings is 8. The summed E-state index contributed by atoms with van der Waals surface area (Å²) in [7, 11) is 0. The van der Waals surface area contributed by atoms with Gasteiger partial charge in [0.2, 0.25) is 0 Å². The highest BCUT2D eigenvalue weighted by atomic mass is 16.3. The summed E-state index contributed by atoms with van der Waals surface area (Å²) >= 11 is 0. The number of furan rings is 1. The van der Waals surface area contributed by atoms with E-state index in [-0.39, 0.29) is 0 Å². The number of hydrogen-bond acceptors (Lipinski definition) is 1. The van der Waals surface area contributed by atoms with E-state index in [4.69, 9.17) is 4.42 Å². The SMILES string of the molecule is c1ccc(-c2cc(-n3c4ccccc4c4ccc(-c5ccc6c(c5)c5ccccc5n6-c5ccccc5)cc43)c3oc4ccccc4c3c2)cc1. The van der Waals surface area contributed by atoms with Gasteiger partial charge in [-0.25, -0.2) is 0 Å². The predicted molar refractivity (Wildman–Crippen MR) is 213 cm³/mol. The van der Waals surface area contributed by atoms with E-state index >= 15 is 0 Å². The third kappa shape index (κ3) is 4.19. The molecule has 0 atom stereocenters. The molecule has 3 heterocycles. The maximum atomic E-state index is 6.72. The Morgan fingerprint density at radius 1 is 0.314 bits per heavy atom. The van der Waals surface area contributed by atoms with Gasteiger partial charge < -0.3 is 13.6 Å². The zero-order valence-electron chi connectivity index (χ0n) is 27.6. The van der Waals surface area contributed by atoms with Gasteiger partial charge in [0.25, 0.3) is 0 Å². The summed E-state index contributed by atoms with van der Waals surface area (Å²) < 4.78 is 11.5. The topological polar surface area (TPSA) is 23.0 Å². The van der Waals surface area contributed by atoms with E-state index in [9.17, 15) is 0 Å². The van der Waals surface area contributed by atoms with Crippen LogP contribution in [0.1, 0.15) is 0 Å². The predicted octanol–water partition coefficient (Wildman–Crippen LogP) is 13.1. The van der Waals surface area contributed by atoms with Gasteiger partial charge in [0.05, 0.1) is 27.8 Å². The molecule has 0 N–H and O–H groups in total. The van der Waals surface area contributed by atoms with Gasteiger partial charge in [0.1, 0.15) is 5.58 Å². The molecule has 0 radical (unpaired) electrons. The number of para-hydroxylation sites is 4. The molecule has 8 aromatic carbocycles. The van der Waals surface area contributed by atoms with E-state index < -0.39 is 0 Å². The summed E-state index contributed by atoms with van der Waals surface area (Å²) in [4.78, 5) is 0. The Bertz CT molecular complexity index is 3130. The number of aromatic nitrogens is 2. The second-order valence-corrected chi connectivity index (χ2v) is 13.3. The Morgan fingerprint density at radius 2 is 0.882 bits per heavy atom. The maximum Gasteiger partial charge on any atom is 0.159 e. The Balaban J connectivity index is 1.19. The van der Waals surface area contributed by atoms with Gasteiger partial charge in [-0.3, -0.25) is 0 Å². The number of rotatable bonds is 4. The van der Waals surface area contributed by atoms with Crippen LogP contribution in [0.3, 0.4) is 0 Å². The second kappa shape index (κ2) is 10.8. The van der Waals surface area contributed by atoms with Gasteiger partial charge in [0.15, 0.2) is 5.58 Å². The normalized spacial score (nSPS) is 11.9. The van der Waals surface area contributed by atoms with Gasteiger partial charge in [0, 0.05) is 38.0 Å². The highest BCUT2D eigenvalue weighted by Gasteiger charge is 2.20. The van der Waals surface area contributed by atoms with E-state index in [0.29, 0.717) is 0 Å². The molecule has 238 valence electrons. The molecule has 0 saturated carbocycles. The fraction of sp³-hybridized carbons (Fsp3) is 0. The zero-order valence-corrected chi connectivity index (χ0v) is 27.6. The molecular formula is C48H30N2O. The summed E-state index contributed by atoms with van der Waals surface area (Å²) in [5, 5.41) is 7.16. The van der Waals surface area contributed by atoms with Crippen molar-refractivity contribution in [1.82, 2.24) is 9.13 Å². The van der Waals surface area contributed by atoms with Crippen molar-refractivity contribution in [3.63, 3.8) is 0 Å². The Morgan fingerprint density at radius 3 is 1.69 bits per heavy atom. The largest absolute Gasteiger partial charge is 0.454 e. The van der Waals surface area contributed by atoms with E-state index in [1.807, 2.05) is 6.07 Å². The van der Waals surface area contributed by atoms with E-state index in [2.05, 4.69) is 185 Å². The number of nitrogens with zero attached hydrogens (tertiary/aromatic N) is 2. The quantitative estimate of drug-likeness (QED) is 0.186. The molecular weight excluding hydrogens is 621 g/mol. The molecule has 0 aliphatic rings. The summed E-state index contributed by atoms with van der Waals surface area (Å²) in [6.07, 6.45) is 0. The van der Waals surface area contributed by atoms with E-state index in [1.54, 1.807) is 0 Å². The van der Waals surface area contributed by atoms with Crippen LogP contribution in [-0.2, 0) is 0 Å². The summed E-state index contributed by atoms with van der Waals surface area (Å²) in [6.45, 7) is 0. The Hall–Kier alpha value is -6.84. The summed E-state index contributed by atoms with van der Waals surface area (Å²) in [5.74, 6) is 0. The first-order valence-electron chi connectivity index (χ1n) is 17.4. The molecule has 11 aromatic rings. The molecule has 0 aliphatic heterocycles. The average molecular weight is 651 g/mol. The zero-order chi connectivity index (χ0) is 33.5. The lowest BCUT2D eigenvalue weighted by molar-refractivity contribution is 0.666. The van der Waals surface area contributed by atoms with Crippen LogP contribution in [-0.4, -0.2) is 9.13 Å². The molecule has 3 nitrogen and oxygen atoms in total. The van der Waals surface area contributed by atoms with Gasteiger partial charge in [-0.15, -0.1) is 0 Å². The van der Waals surface area contributed by atoms with E-state index in [0.717, 1.165) is 49.9 Å². The molecule has 0 amide bonds. The van der Waals surface area contributed by atoms with Gasteiger partial charge in [-0.2, -0.15) is 0 Å². The number of hydrogen-bond donors (Lipinski definition) is 0. The van der Waals surface area contributed by atoms with Crippen molar-refractivity contribution in [1.29, 1.82) is 0 Å². The van der Waals surface area contributed by atoms with E-state index in [1.165, 1.54) is 49.3 Å². The maximum absolute atomic E-state index is 6.72. The van der Waals surface area contributed by atoms with Crippen LogP contribution in [0.2, 0.25) is 0 Å². The molecule has 3 aromatic heterocycles. The van der Waals surface area contributed by atoms with Crippen molar-refractivity contribution in [3.05, 3.63) is 182 Å². The van der Waals surface area contributed by atoms with Gasteiger partial charge in [-0.05, 0) is 82.9 Å². The molecule has 3 heteroatoms. The highest BCUT2D eigenvalue weighted by molar-refractivity contribution is 6.15. The first-order valence-corrected chi connectivity index (χ1v) is 17.4. The van der Waals surface area contributed by atoms with Crippen LogP contribution in [0.4, 0.5) is 0 Å². The molecule has 0 saturated heterocycles. The van der Waals surface area contributed by atoms with Crippen LogP contribution in [0, 0.1) is 0 Å². The third-order valence-electron chi connectivity index (χ3n) is 10.5. The lowest BCUT2D eigenvalue weighted by atomic mass is 10.0. The molecule has 0 aliphatic carbocycles. The third-order valence-corrected chi connectivity index (χ3v) is 10.5. The fourth-order valence-electron chi connectivity index (χ4n) is 8.19. The van der Waals surface area contributed by atoms with Crippen LogP contribution < -0.4 is 0 Å². The highest BCUT2D eigenvalue weighted by Crippen LogP contribution is 2.42. The minimum atomic E-state index is 0.888. The molecule has 11 rings (SSSR count). The minimum absolute atomic E-state index is 0.888. The van der Waals surface area contributed by atoms with Crippen molar-refractivity contribution in [2.24, 2.45) is 0 Å². The smallest absolute Gasteiger partial charge is 0.159 e. The summed E-state index contributed by atoms with van der Waals surface area (Å²) in [6, 6.07) is 65.5. The van der Waals surface area contributed by atoms with Crippen molar-refractivity contribution >= 4 is 65.6 Å². The van der Waals surface area contributed by atoms with Crippen LogP contribution in [0.5, 0.6) is 0 Å². The lowest BCUT2D eigenvalue weighted by Gasteiger charge is -2.12. The van der Waals surface area contributed by atoms with Crippen molar-refractivity contribution in [2.75, 3.05) is 0 Å². The lowest BCUT2D eigenvalue weighted by Crippen LogP contribution is -1.96. The second-order valence-electron chi connectivity index (χ2n) is 13.3. The fourth-order valence-corrected chi connectivity index (χ4v) is 8.19. The molecule has 51 heavy (non-hydrogen) atoms. The first-order chi connectivity index (χ1) is 25.3. The molecule has 0 spiro atoms. The van der Waals surface area contributed by atoms with Crippen molar-refractivity contribution < 1.29 is 4.42 Å². The van der Waals surface area contributed by atoms with Crippen LogP contribution in [0.15, 0.2) is 186 Å². The summed E-state index contributed by atoms with van der Waals surface area (Å²) in [5.41, 5.74) is 13.4. The van der Waals surface area contributed by atoms with Crippen LogP contribution >= 0.6 is 0 Å². The van der Waals surface area contributed by atoms with Gasteiger partial charge in [-0.1, -0.05) is 121 Å². The van der Waals surface area contributed by atoms with Crippen molar-refractivity contribution in [3.8, 4) is 33.6 Å². The van der Waals surface area contributed by atoms with Crippen LogP contribution in [0.25, 0.3) is 99.2 Å². The van der Waals surface area contributed by atoms with Crippen molar-refractivity contribution in [2.45, 2.75) is 0 Å². The minimum Gasteiger partial charge on any atom is -0.454 e.